The van der Waals surface area contributed by atoms with Crippen LogP contribution in [0.25, 0.3) is 5.70 Å². The van der Waals surface area contributed by atoms with Crippen LogP contribution >= 0.6 is 0 Å². The molecule has 1 aliphatic carbocycles. The first-order valence-electron chi connectivity index (χ1n) is 12.5. The third-order valence-corrected chi connectivity index (χ3v) is 7.15. The van der Waals surface area contributed by atoms with E-state index in [1.165, 1.54) is 28.7 Å². The van der Waals surface area contributed by atoms with Crippen LogP contribution in [0.15, 0.2) is 90.0 Å². The molecule has 0 N–H and O–H groups in total. The Bertz CT molecular complexity index is 1480. The number of allylic oxidation sites excluding steroid dienone is 2. The quantitative estimate of drug-likeness (QED) is 0.296. The Hall–Kier alpha value is -3.78. The van der Waals surface area contributed by atoms with Gasteiger partial charge < -0.3 is 0 Å². The molecule has 0 spiro atoms. The number of alkyl halides is 3. The molecule has 39 heavy (non-hydrogen) atoms. The maximum absolute atomic E-state index is 14.7. The largest absolute Gasteiger partial charge is 0.414 e. The van der Waals surface area contributed by atoms with Crippen molar-refractivity contribution in [1.82, 2.24) is 10.0 Å². The van der Waals surface area contributed by atoms with Crippen molar-refractivity contribution in [2.24, 2.45) is 0 Å². The van der Waals surface area contributed by atoms with Crippen molar-refractivity contribution in [3.05, 3.63) is 135 Å². The van der Waals surface area contributed by atoms with E-state index in [1.807, 2.05) is 43.3 Å². The van der Waals surface area contributed by atoms with Crippen LogP contribution in [-0.2, 0) is 19.4 Å². The van der Waals surface area contributed by atoms with Gasteiger partial charge in [-0.25, -0.2) is 18.2 Å². The lowest BCUT2D eigenvalue weighted by molar-refractivity contribution is -0.104. The summed E-state index contributed by atoms with van der Waals surface area (Å²) in [6, 6.07) is 15.6. The summed E-state index contributed by atoms with van der Waals surface area (Å²) in [5, 5.41) is 2.78. The van der Waals surface area contributed by atoms with Crippen LogP contribution in [-0.4, -0.2) is 29.3 Å². The van der Waals surface area contributed by atoms with Gasteiger partial charge in [0, 0.05) is 30.3 Å². The molecule has 2 nitrogen and oxygen atoms in total. The first-order valence-corrected chi connectivity index (χ1v) is 12.5. The van der Waals surface area contributed by atoms with Crippen molar-refractivity contribution < 1.29 is 26.3 Å². The second-order valence-electron chi connectivity index (χ2n) is 9.85. The number of halogens is 6. The summed E-state index contributed by atoms with van der Waals surface area (Å²) >= 11 is 0. The van der Waals surface area contributed by atoms with Gasteiger partial charge in [-0.2, -0.15) is 13.2 Å². The molecule has 0 bridgehead atoms. The number of fused-ring (bicyclic) bond motifs is 1. The van der Waals surface area contributed by atoms with Gasteiger partial charge in [0.25, 0.3) is 0 Å². The zero-order valence-electron chi connectivity index (χ0n) is 21.4. The smallest absolute Gasteiger partial charge is 0.300 e. The molecule has 3 aromatic carbocycles. The highest BCUT2D eigenvalue weighted by atomic mass is 19.4. The Kier molecular flexibility index (Phi) is 7.16. The summed E-state index contributed by atoms with van der Waals surface area (Å²) in [5.41, 5.74) is 3.48. The van der Waals surface area contributed by atoms with Crippen molar-refractivity contribution in [1.29, 1.82) is 0 Å². The van der Waals surface area contributed by atoms with Crippen molar-refractivity contribution in [3.8, 4) is 0 Å². The highest BCUT2D eigenvalue weighted by molar-refractivity contribution is 5.75. The fourth-order valence-electron chi connectivity index (χ4n) is 5.32. The van der Waals surface area contributed by atoms with E-state index in [0.29, 0.717) is 35.4 Å². The predicted molar refractivity (Wildman–Crippen MR) is 139 cm³/mol. The number of hydrogen-bond acceptors (Lipinski definition) is 2. The van der Waals surface area contributed by atoms with Gasteiger partial charge in [-0.05, 0) is 42.5 Å². The summed E-state index contributed by atoms with van der Waals surface area (Å²) < 4.78 is 85.0. The fourth-order valence-corrected chi connectivity index (χ4v) is 5.32. The molecule has 0 aromatic heterocycles. The minimum absolute atomic E-state index is 0.367. The van der Waals surface area contributed by atoms with E-state index in [0.717, 1.165) is 23.6 Å². The molecule has 0 saturated carbocycles. The van der Waals surface area contributed by atoms with Gasteiger partial charge in [0.15, 0.2) is 0 Å². The number of rotatable bonds is 6. The summed E-state index contributed by atoms with van der Waals surface area (Å²) in [5.74, 6) is -3.27. The van der Waals surface area contributed by atoms with Crippen LogP contribution in [0.3, 0.4) is 0 Å². The lowest BCUT2D eigenvalue weighted by Gasteiger charge is -2.34. The molecular weight excluding hydrogens is 514 g/mol. The maximum atomic E-state index is 14.7. The lowest BCUT2D eigenvalue weighted by Crippen LogP contribution is -2.43. The Morgan fingerprint density at radius 1 is 0.846 bits per heavy atom. The van der Waals surface area contributed by atoms with Gasteiger partial charge >= 0.3 is 6.18 Å². The monoisotopic (exact) mass is 540 g/mol. The normalized spacial score (nSPS) is 17.6. The lowest BCUT2D eigenvalue weighted by atomic mass is 9.91. The second-order valence-corrected chi connectivity index (χ2v) is 9.85. The third kappa shape index (κ3) is 5.39. The molecule has 0 amide bonds. The van der Waals surface area contributed by atoms with E-state index in [-0.39, 0.29) is 0 Å². The number of nitrogens with zero attached hydrogens (tertiary/aromatic N) is 2. The van der Waals surface area contributed by atoms with Crippen molar-refractivity contribution in [2.75, 3.05) is 7.05 Å². The van der Waals surface area contributed by atoms with Crippen LogP contribution in [0.5, 0.6) is 0 Å². The van der Waals surface area contributed by atoms with Gasteiger partial charge in [-0.15, -0.1) is 0 Å². The molecule has 1 aliphatic heterocycles. The minimum Gasteiger partial charge on any atom is -0.300 e. The van der Waals surface area contributed by atoms with Crippen LogP contribution < -0.4 is 0 Å². The number of benzene rings is 3. The SMILES string of the molecule is Cc1cccc(CCc2cccc(C3=C4C=CC=C(C(F)(F)F)C4N(C)N3Cc3c(F)cc(F)cc3F)c2)c1. The van der Waals surface area contributed by atoms with Crippen LogP contribution in [0.1, 0.15) is 27.8 Å². The van der Waals surface area contributed by atoms with Gasteiger partial charge in [0.2, 0.25) is 0 Å². The summed E-state index contributed by atoms with van der Waals surface area (Å²) in [7, 11) is 1.46. The van der Waals surface area contributed by atoms with Crippen LogP contribution in [0, 0.1) is 24.4 Å². The molecule has 1 heterocycles. The Labute approximate surface area is 223 Å². The Morgan fingerprint density at radius 2 is 1.49 bits per heavy atom. The average Bonchev–Trinajstić information content (AvgIpc) is 3.16. The highest BCUT2D eigenvalue weighted by Crippen LogP contribution is 2.45. The van der Waals surface area contributed by atoms with Gasteiger partial charge in [0.1, 0.15) is 17.5 Å². The van der Waals surface area contributed by atoms with Gasteiger partial charge in [-0.3, -0.25) is 5.01 Å². The molecule has 202 valence electrons. The molecular formula is C31H26F6N2. The molecule has 0 fully saturated rings. The Balaban J connectivity index is 1.56. The zero-order valence-corrected chi connectivity index (χ0v) is 21.4. The van der Waals surface area contributed by atoms with Crippen molar-refractivity contribution in [3.63, 3.8) is 0 Å². The highest BCUT2D eigenvalue weighted by Gasteiger charge is 2.48. The topological polar surface area (TPSA) is 6.48 Å². The number of likely N-dealkylation sites (N-methyl/N-ethyl adjacent to an activating group) is 1. The molecule has 2 aliphatic rings. The van der Waals surface area contributed by atoms with E-state index in [4.69, 9.17) is 0 Å². The summed E-state index contributed by atoms with van der Waals surface area (Å²) in [6.45, 7) is 1.60. The molecule has 1 unspecified atom stereocenters. The summed E-state index contributed by atoms with van der Waals surface area (Å²) in [4.78, 5) is 0. The maximum Gasteiger partial charge on any atom is 0.414 e. The molecule has 3 aromatic rings. The first kappa shape index (κ1) is 26.8. The number of hydrazine groups is 1. The predicted octanol–water partition coefficient (Wildman–Crippen LogP) is 7.70. The zero-order chi connectivity index (χ0) is 27.9. The minimum atomic E-state index is -4.61. The van der Waals surface area contributed by atoms with Gasteiger partial charge in [0.05, 0.1) is 23.9 Å². The van der Waals surface area contributed by atoms with E-state index >= 15 is 0 Å². The number of aryl methyl sites for hydroxylation is 3. The van der Waals surface area contributed by atoms with E-state index in [2.05, 4.69) is 6.07 Å². The molecule has 0 radical (unpaired) electrons. The summed E-state index contributed by atoms with van der Waals surface area (Å²) in [6.07, 6.45) is 0.816. The third-order valence-electron chi connectivity index (χ3n) is 7.15. The second kappa shape index (κ2) is 10.4. The Morgan fingerprint density at radius 3 is 2.13 bits per heavy atom. The molecule has 5 rings (SSSR count). The van der Waals surface area contributed by atoms with Crippen LogP contribution in [0.4, 0.5) is 26.3 Å². The van der Waals surface area contributed by atoms with Crippen molar-refractivity contribution in [2.45, 2.75) is 38.5 Å². The first-order chi connectivity index (χ1) is 18.5. The van der Waals surface area contributed by atoms with Crippen LogP contribution in [0.2, 0.25) is 0 Å². The molecule has 0 saturated heterocycles. The van der Waals surface area contributed by atoms with E-state index in [9.17, 15) is 26.3 Å². The standard InChI is InChI=1S/C31H26F6N2/c1-19-6-3-7-20(14-19)12-13-21-8-4-9-22(15-21)29-24-10-5-11-26(31(35,36)37)30(24)38(2)39(29)18-25-27(33)16-23(32)17-28(25)34/h3-11,14-17,30H,12-13,18H2,1-2H3. The van der Waals surface area contributed by atoms with E-state index in [1.54, 1.807) is 12.1 Å². The van der Waals surface area contributed by atoms with E-state index < -0.39 is 47.4 Å². The van der Waals surface area contributed by atoms with Gasteiger partial charge in [-0.1, -0.05) is 66.3 Å². The molecule has 1 atom stereocenters. The number of hydrogen-bond donors (Lipinski definition) is 0. The fraction of sp³-hybridized carbons (Fsp3) is 0.226. The molecule has 8 heteroatoms. The average molecular weight is 541 g/mol. The van der Waals surface area contributed by atoms with Crippen molar-refractivity contribution >= 4 is 5.70 Å².